The normalized spacial score (nSPS) is 11.9. The molecule has 5 nitrogen and oxygen atoms in total. The molecule has 0 heterocycles. The number of amides is 1. The van der Waals surface area contributed by atoms with Crippen molar-refractivity contribution in [3.8, 4) is 0 Å². The first-order valence-corrected chi connectivity index (χ1v) is 7.15. The van der Waals surface area contributed by atoms with Gasteiger partial charge in [0.05, 0.1) is 19.8 Å². The van der Waals surface area contributed by atoms with E-state index in [1.807, 2.05) is 0 Å². The molecule has 0 unspecified atom stereocenters. The number of hydrogen-bond donors (Lipinski definition) is 4. The lowest BCUT2D eigenvalue weighted by atomic mass is 10.0. The molecule has 0 fully saturated rings. The Bertz CT molecular complexity index is 241. The van der Waals surface area contributed by atoms with E-state index < -0.39 is 25.4 Å². The summed E-state index contributed by atoms with van der Waals surface area (Å²) in [6.07, 6.45) is 0.308. The number of thioether (sulfide) groups is 1. The van der Waals surface area contributed by atoms with Gasteiger partial charge in [-0.3, -0.25) is 4.79 Å². The highest BCUT2D eigenvalue weighted by Gasteiger charge is 2.29. The fraction of sp³-hybridized carbons (Fsp3) is 0.923. The van der Waals surface area contributed by atoms with E-state index in [0.717, 1.165) is 5.75 Å². The highest BCUT2D eigenvalue weighted by molar-refractivity contribution is 7.99. The van der Waals surface area contributed by atoms with Crippen LogP contribution in [0.3, 0.4) is 0 Å². The van der Waals surface area contributed by atoms with Crippen molar-refractivity contribution in [1.82, 2.24) is 5.32 Å². The molecule has 0 radical (unpaired) electrons. The van der Waals surface area contributed by atoms with Crippen LogP contribution in [0.2, 0.25) is 0 Å². The largest absolute Gasteiger partial charge is 0.394 e. The molecule has 0 aromatic carbocycles. The Balaban J connectivity index is 0. The van der Waals surface area contributed by atoms with Crippen LogP contribution in [0.1, 0.15) is 34.6 Å². The Kier molecular flexibility index (Phi) is 10.6. The summed E-state index contributed by atoms with van der Waals surface area (Å²) in [6, 6.07) is 0. The number of hydrogen-bond acceptors (Lipinski definition) is 5. The summed E-state index contributed by atoms with van der Waals surface area (Å²) in [4.78, 5) is 11.6. The molecule has 116 valence electrons. The molecule has 0 rings (SSSR count). The topological polar surface area (TPSA) is 89.8 Å². The molecule has 0 saturated carbocycles. The zero-order valence-electron chi connectivity index (χ0n) is 11.4. The summed E-state index contributed by atoms with van der Waals surface area (Å²) in [5.41, 5.74) is -1.09. The van der Waals surface area contributed by atoms with Gasteiger partial charge in [-0.1, -0.05) is 28.2 Å². The second-order valence-corrected chi connectivity index (χ2v) is 6.77. The predicted octanol–water partition coefficient (Wildman–Crippen LogP) is 0.624. The molecular weight excluding hydrogens is 266 g/mol. The molecule has 0 bridgehead atoms. The minimum atomic E-state index is -1.31. The molecule has 4 N–H and O–H groups in total. The van der Waals surface area contributed by atoms with Crippen molar-refractivity contribution in [2.75, 3.05) is 31.3 Å². The zero-order valence-corrected chi connectivity index (χ0v) is 12.2. The van der Waals surface area contributed by atoms with Gasteiger partial charge >= 0.3 is 0 Å². The van der Waals surface area contributed by atoms with Crippen LogP contribution in [0.15, 0.2) is 0 Å². The molecule has 0 aromatic rings. The maximum atomic E-state index is 11.6. The molecule has 0 aliphatic carbocycles. The van der Waals surface area contributed by atoms with Gasteiger partial charge in [-0.15, -0.1) is 0 Å². The third kappa shape index (κ3) is 9.27. The fourth-order valence-electron chi connectivity index (χ4n) is 1.17. The van der Waals surface area contributed by atoms with Crippen molar-refractivity contribution in [1.29, 1.82) is 0 Å². The van der Waals surface area contributed by atoms with E-state index >= 15 is 0 Å². The lowest BCUT2D eigenvalue weighted by molar-refractivity contribution is -0.124. The van der Waals surface area contributed by atoms with E-state index in [0.29, 0.717) is 12.2 Å². The Hall–Kier alpha value is -0.300. The van der Waals surface area contributed by atoms with Crippen LogP contribution in [-0.2, 0) is 4.79 Å². The first-order chi connectivity index (χ1) is 8.28. The van der Waals surface area contributed by atoms with Crippen molar-refractivity contribution >= 4 is 17.7 Å². The summed E-state index contributed by atoms with van der Waals surface area (Å²) in [7, 11) is 0. The molecule has 0 aromatic heterocycles. The number of aliphatic hydroxyl groups is 3. The van der Waals surface area contributed by atoms with Gasteiger partial charge in [0.15, 0.2) is 0 Å². The number of carbonyl (C=O) groups is 1. The van der Waals surface area contributed by atoms with Crippen molar-refractivity contribution < 1.29 is 20.1 Å². The minimum absolute atomic E-state index is 0. The maximum Gasteiger partial charge on any atom is 0.221 e. The molecule has 0 saturated heterocycles. The van der Waals surface area contributed by atoms with E-state index in [-0.39, 0.29) is 18.7 Å². The summed E-state index contributed by atoms with van der Waals surface area (Å²) >= 11 is 1.69. The number of aliphatic hydroxyl groups excluding tert-OH is 3. The molecule has 19 heavy (non-hydrogen) atoms. The van der Waals surface area contributed by atoms with Gasteiger partial charge in [0.2, 0.25) is 5.91 Å². The lowest BCUT2D eigenvalue weighted by Crippen LogP contribution is -2.57. The van der Waals surface area contributed by atoms with E-state index in [2.05, 4.69) is 26.1 Å². The average molecular weight is 295 g/mol. The van der Waals surface area contributed by atoms with Crippen LogP contribution in [0, 0.1) is 5.41 Å². The van der Waals surface area contributed by atoms with Gasteiger partial charge in [-0.25, -0.2) is 0 Å². The van der Waals surface area contributed by atoms with Gasteiger partial charge in [0.1, 0.15) is 5.54 Å². The summed E-state index contributed by atoms with van der Waals surface area (Å²) in [6.45, 7) is 4.94. The number of carbonyl (C=O) groups excluding carboxylic acids is 1. The Morgan fingerprint density at radius 2 is 1.58 bits per heavy atom. The number of nitrogens with one attached hydrogen (secondary N) is 1. The lowest BCUT2D eigenvalue weighted by Gasteiger charge is -2.28. The molecule has 1 amide bonds. The third-order valence-electron chi connectivity index (χ3n) is 2.32. The van der Waals surface area contributed by atoms with Gasteiger partial charge in [-0.2, -0.15) is 11.8 Å². The second-order valence-electron chi connectivity index (χ2n) is 5.67. The van der Waals surface area contributed by atoms with E-state index in [9.17, 15) is 4.79 Å². The smallest absolute Gasteiger partial charge is 0.221 e. The highest BCUT2D eigenvalue weighted by atomic mass is 32.2. The Morgan fingerprint density at radius 1 is 1.11 bits per heavy atom. The van der Waals surface area contributed by atoms with E-state index in [1.54, 1.807) is 11.8 Å². The van der Waals surface area contributed by atoms with Crippen LogP contribution in [-0.4, -0.2) is 58.1 Å². The molecular formula is C13H29NO4S. The van der Waals surface area contributed by atoms with Gasteiger partial charge in [-0.05, 0) is 11.2 Å². The van der Waals surface area contributed by atoms with E-state index in [1.165, 1.54) is 0 Å². The first kappa shape index (κ1) is 21.0. The highest BCUT2D eigenvalue weighted by Crippen LogP contribution is 2.20. The Morgan fingerprint density at radius 3 is 1.95 bits per heavy atom. The third-order valence-corrected chi connectivity index (χ3v) is 3.88. The summed E-state index contributed by atoms with van der Waals surface area (Å²) < 4.78 is 0. The quantitative estimate of drug-likeness (QED) is 0.493. The second kappa shape index (κ2) is 9.58. The van der Waals surface area contributed by atoms with Crippen molar-refractivity contribution in [2.24, 2.45) is 5.41 Å². The standard InChI is InChI=1S/C12H25NO4S.CH4/c1-11(2,3)9-18-5-4-10(17)13-12(6-14,7-15)8-16;/h14-16H,4-9H2,1-3H3,(H,13,17);1H4. The first-order valence-electron chi connectivity index (χ1n) is 6.00. The summed E-state index contributed by atoms with van der Waals surface area (Å²) in [5.74, 6) is 1.38. The molecule has 0 aliphatic heterocycles. The van der Waals surface area contributed by atoms with Crippen LogP contribution in [0.25, 0.3) is 0 Å². The van der Waals surface area contributed by atoms with Crippen molar-refractivity contribution in [3.63, 3.8) is 0 Å². The molecule has 6 heteroatoms. The monoisotopic (exact) mass is 295 g/mol. The fourth-order valence-corrected chi connectivity index (χ4v) is 2.26. The maximum absolute atomic E-state index is 11.6. The van der Waals surface area contributed by atoms with Crippen LogP contribution in [0.5, 0.6) is 0 Å². The van der Waals surface area contributed by atoms with Crippen LogP contribution < -0.4 is 5.32 Å². The van der Waals surface area contributed by atoms with Crippen molar-refractivity contribution in [3.05, 3.63) is 0 Å². The summed E-state index contributed by atoms with van der Waals surface area (Å²) in [5, 5.41) is 29.7. The van der Waals surface area contributed by atoms with E-state index in [4.69, 9.17) is 15.3 Å². The average Bonchev–Trinajstić information content (AvgIpc) is 2.31. The van der Waals surface area contributed by atoms with Crippen LogP contribution >= 0.6 is 11.8 Å². The van der Waals surface area contributed by atoms with Gasteiger partial charge in [0, 0.05) is 12.2 Å². The zero-order chi connectivity index (χ0) is 14.2. The molecule has 0 aliphatic rings. The van der Waals surface area contributed by atoms with Crippen LogP contribution in [0.4, 0.5) is 0 Å². The Labute approximate surface area is 120 Å². The molecule has 0 atom stereocenters. The van der Waals surface area contributed by atoms with Gasteiger partial charge in [0.25, 0.3) is 0 Å². The molecule has 0 spiro atoms. The number of rotatable bonds is 8. The SMILES string of the molecule is C.CC(C)(C)CSCCC(=O)NC(CO)(CO)CO. The minimum Gasteiger partial charge on any atom is -0.394 e. The van der Waals surface area contributed by atoms with Gasteiger partial charge < -0.3 is 20.6 Å². The van der Waals surface area contributed by atoms with Crippen molar-refractivity contribution in [2.45, 2.75) is 40.2 Å². The predicted molar refractivity (Wildman–Crippen MR) is 80.3 cm³/mol.